The second-order valence-corrected chi connectivity index (χ2v) is 4.12. The highest BCUT2D eigenvalue weighted by atomic mass is 15.1. The molecule has 0 aliphatic heterocycles. The van der Waals surface area contributed by atoms with E-state index in [4.69, 9.17) is 11.0 Å². The van der Waals surface area contributed by atoms with E-state index in [9.17, 15) is 0 Å². The molecular weight excluding hydrogens is 202 g/mol. The number of nitrogens with one attached hydrogen (secondary N) is 1. The average Bonchev–Trinajstić information content (AvgIpc) is 2.24. The zero-order chi connectivity index (χ0) is 12.1. The Hall–Kier alpha value is -1.67. The lowest BCUT2D eigenvalue weighted by molar-refractivity contribution is 0.510. The summed E-state index contributed by atoms with van der Waals surface area (Å²) >= 11 is 0. The Balaban J connectivity index is 2.68. The highest BCUT2D eigenvalue weighted by molar-refractivity contribution is 5.33. The molecule has 3 N–H and O–H groups in total. The number of aromatic nitrogens is 2. The van der Waals surface area contributed by atoms with Gasteiger partial charge in [-0.25, -0.2) is 9.97 Å². The van der Waals surface area contributed by atoms with Gasteiger partial charge in [-0.15, -0.1) is 0 Å². The Labute approximate surface area is 95.7 Å². The predicted molar refractivity (Wildman–Crippen MR) is 62.8 cm³/mol. The van der Waals surface area contributed by atoms with Crippen molar-refractivity contribution in [1.29, 1.82) is 5.26 Å². The van der Waals surface area contributed by atoms with Gasteiger partial charge in [-0.1, -0.05) is 13.8 Å². The van der Waals surface area contributed by atoms with Crippen molar-refractivity contribution in [3.05, 3.63) is 17.5 Å². The molecule has 1 rings (SSSR count). The maximum atomic E-state index is 8.76. The van der Waals surface area contributed by atoms with Crippen molar-refractivity contribution >= 4 is 5.95 Å². The van der Waals surface area contributed by atoms with Crippen molar-refractivity contribution in [2.24, 2.45) is 11.7 Å². The fourth-order valence-electron chi connectivity index (χ4n) is 1.15. The molecule has 0 bridgehead atoms. The lowest BCUT2D eigenvalue weighted by atomic mass is 10.1. The molecule has 16 heavy (non-hydrogen) atoms. The van der Waals surface area contributed by atoms with Gasteiger partial charge in [0, 0.05) is 18.3 Å². The number of hydrogen-bond donors (Lipinski definition) is 2. The topological polar surface area (TPSA) is 87.6 Å². The molecule has 0 aromatic carbocycles. The van der Waals surface area contributed by atoms with Gasteiger partial charge in [0.05, 0.1) is 0 Å². The number of hydrogen-bond acceptors (Lipinski definition) is 5. The summed E-state index contributed by atoms with van der Waals surface area (Å²) in [6, 6.07) is 3.69. The number of rotatable bonds is 4. The van der Waals surface area contributed by atoms with Crippen molar-refractivity contribution in [2.75, 3.05) is 11.9 Å². The van der Waals surface area contributed by atoms with Gasteiger partial charge < -0.3 is 11.1 Å². The monoisotopic (exact) mass is 219 g/mol. The zero-order valence-corrected chi connectivity index (χ0v) is 9.86. The van der Waals surface area contributed by atoms with Gasteiger partial charge in [0.25, 0.3) is 0 Å². The first-order valence-electron chi connectivity index (χ1n) is 5.28. The summed E-state index contributed by atoms with van der Waals surface area (Å²) in [5.41, 5.74) is 7.03. The van der Waals surface area contributed by atoms with E-state index in [1.807, 2.05) is 13.0 Å². The molecule has 1 unspecified atom stereocenters. The number of nitriles is 1. The van der Waals surface area contributed by atoms with Crippen LogP contribution in [0.5, 0.6) is 0 Å². The van der Waals surface area contributed by atoms with E-state index in [1.165, 1.54) is 0 Å². The standard InChI is InChI=1S/C11H17N5/c1-7(2)10(13)6-14-11-15-8(3)4-9(5-12)16-11/h4,7,10H,6,13H2,1-3H3,(H,14,15,16). The molecule has 5 nitrogen and oxygen atoms in total. The van der Waals surface area contributed by atoms with Gasteiger partial charge in [-0.2, -0.15) is 5.26 Å². The van der Waals surface area contributed by atoms with Gasteiger partial charge in [0.1, 0.15) is 11.8 Å². The van der Waals surface area contributed by atoms with E-state index in [1.54, 1.807) is 6.07 Å². The second-order valence-electron chi connectivity index (χ2n) is 4.12. The van der Waals surface area contributed by atoms with Crippen LogP contribution in [0, 0.1) is 24.2 Å². The van der Waals surface area contributed by atoms with Crippen LogP contribution in [0.15, 0.2) is 6.07 Å². The summed E-state index contributed by atoms with van der Waals surface area (Å²) in [6.45, 7) is 6.55. The van der Waals surface area contributed by atoms with E-state index in [0.717, 1.165) is 5.69 Å². The van der Waals surface area contributed by atoms with Crippen molar-refractivity contribution in [1.82, 2.24) is 9.97 Å². The Bertz CT molecular complexity index is 394. The first kappa shape index (κ1) is 12.4. The van der Waals surface area contributed by atoms with Crippen LogP contribution < -0.4 is 11.1 Å². The molecule has 0 spiro atoms. The lowest BCUT2D eigenvalue weighted by Crippen LogP contribution is -2.34. The summed E-state index contributed by atoms with van der Waals surface area (Å²) < 4.78 is 0. The maximum Gasteiger partial charge on any atom is 0.224 e. The number of nitrogens with two attached hydrogens (primary N) is 1. The molecule has 0 amide bonds. The molecule has 0 aliphatic carbocycles. The fraction of sp³-hybridized carbons (Fsp3) is 0.545. The molecule has 1 aromatic rings. The van der Waals surface area contributed by atoms with Crippen molar-refractivity contribution in [3.63, 3.8) is 0 Å². The fourth-order valence-corrected chi connectivity index (χ4v) is 1.15. The number of aryl methyl sites for hydroxylation is 1. The average molecular weight is 219 g/mol. The van der Waals surface area contributed by atoms with Crippen LogP contribution in [0.1, 0.15) is 25.2 Å². The van der Waals surface area contributed by atoms with Gasteiger partial charge in [-0.05, 0) is 18.9 Å². The number of anilines is 1. The van der Waals surface area contributed by atoms with E-state index < -0.39 is 0 Å². The SMILES string of the molecule is Cc1cc(C#N)nc(NCC(N)C(C)C)n1. The van der Waals surface area contributed by atoms with E-state index in [0.29, 0.717) is 24.1 Å². The molecular formula is C11H17N5. The second kappa shape index (κ2) is 5.42. The number of nitrogens with zero attached hydrogens (tertiary/aromatic N) is 3. The third kappa shape index (κ3) is 3.48. The highest BCUT2D eigenvalue weighted by Gasteiger charge is 2.08. The van der Waals surface area contributed by atoms with Gasteiger partial charge in [-0.3, -0.25) is 0 Å². The third-order valence-corrected chi connectivity index (χ3v) is 2.32. The van der Waals surface area contributed by atoms with Crippen molar-refractivity contribution < 1.29 is 0 Å². The van der Waals surface area contributed by atoms with Crippen LogP contribution in [0.4, 0.5) is 5.95 Å². The maximum absolute atomic E-state index is 8.76. The van der Waals surface area contributed by atoms with Crippen LogP contribution in [-0.4, -0.2) is 22.6 Å². The Morgan fingerprint density at radius 2 is 2.19 bits per heavy atom. The molecule has 0 fully saturated rings. The van der Waals surface area contributed by atoms with Gasteiger partial charge in [0.2, 0.25) is 5.95 Å². The first-order valence-corrected chi connectivity index (χ1v) is 5.28. The minimum atomic E-state index is 0.0506. The van der Waals surface area contributed by atoms with Crippen LogP contribution in [0.25, 0.3) is 0 Å². The summed E-state index contributed by atoms with van der Waals surface area (Å²) in [4.78, 5) is 8.23. The molecule has 0 saturated heterocycles. The Kier molecular flexibility index (Phi) is 4.20. The lowest BCUT2D eigenvalue weighted by Gasteiger charge is -2.16. The Morgan fingerprint density at radius 3 is 2.75 bits per heavy atom. The molecule has 1 atom stereocenters. The molecule has 0 radical (unpaired) electrons. The van der Waals surface area contributed by atoms with Crippen molar-refractivity contribution in [2.45, 2.75) is 26.8 Å². The molecule has 1 aromatic heterocycles. The van der Waals surface area contributed by atoms with Crippen molar-refractivity contribution in [3.8, 4) is 6.07 Å². The van der Waals surface area contributed by atoms with Crippen LogP contribution in [0.2, 0.25) is 0 Å². The molecule has 0 aliphatic rings. The first-order chi connectivity index (χ1) is 7.52. The Morgan fingerprint density at radius 1 is 1.50 bits per heavy atom. The normalized spacial score (nSPS) is 12.2. The summed E-state index contributed by atoms with van der Waals surface area (Å²) in [5.74, 6) is 0.861. The minimum absolute atomic E-state index is 0.0506. The zero-order valence-electron chi connectivity index (χ0n) is 9.86. The van der Waals surface area contributed by atoms with E-state index in [2.05, 4.69) is 29.1 Å². The van der Waals surface area contributed by atoms with Crippen LogP contribution >= 0.6 is 0 Å². The molecule has 0 saturated carbocycles. The molecule has 1 heterocycles. The van der Waals surface area contributed by atoms with E-state index >= 15 is 0 Å². The molecule has 86 valence electrons. The van der Waals surface area contributed by atoms with Crippen LogP contribution in [0.3, 0.4) is 0 Å². The summed E-state index contributed by atoms with van der Waals surface area (Å²) in [7, 11) is 0. The molecule has 5 heteroatoms. The highest BCUT2D eigenvalue weighted by Crippen LogP contribution is 2.05. The minimum Gasteiger partial charge on any atom is -0.353 e. The largest absolute Gasteiger partial charge is 0.353 e. The van der Waals surface area contributed by atoms with Gasteiger partial charge >= 0.3 is 0 Å². The summed E-state index contributed by atoms with van der Waals surface area (Å²) in [6.07, 6.45) is 0. The smallest absolute Gasteiger partial charge is 0.224 e. The van der Waals surface area contributed by atoms with Gasteiger partial charge in [0.15, 0.2) is 0 Å². The predicted octanol–water partition coefficient (Wildman–Crippen LogP) is 1.05. The quantitative estimate of drug-likeness (QED) is 0.790. The van der Waals surface area contributed by atoms with Crippen LogP contribution in [-0.2, 0) is 0 Å². The third-order valence-electron chi connectivity index (χ3n) is 2.32. The van der Waals surface area contributed by atoms with E-state index in [-0.39, 0.29) is 6.04 Å². The summed E-state index contributed by atoms with van der Waals surface area (Å²) in [5, 5.41) is 11.8.